The van der Waals surface area contributed by atoms with Gasteiger partial charge in [-0.05, 0) is 18.6 Å². The monoisotopic (exact) mass is 288 g/mol. The number of nitrogens with two attached hydrogens (primary N) is 1. The van der Waals surface area contributed by atoms with E-state index in [-0.39, 0.29) is 0 Å². The van der Waals surface area contributed by atoms with Gasteiger partial charge in [0, 0.05) is 5.39 Å². The van der Waals surface area contributed by atoms with Gasteiger partial charge >= 0.3 is 0 Å². The SMILES string of the molecule is CCCCCCOc1nc2ccccc2cc1C(N)=S. The first-order valence-corrected chi connectivity index (χ1v) is 7.45. The maximum absolute atomic E-state index is 5.77. The molecule has 0 saturated carbocycles. The second kappa shape index (κ2) is 7.20. The van der Waals surface area contributed by atoms with Gasteiger partial charge in [-0.2, -0.15) is 0 Å². The van der Waals surface area contributed by atoms with Gasteiger partial charge in [0.2, 0.25) is 5.88 Å². The molecule has 0 aliphatic carbocycles. The summed E-state index contributed by atoms with van der Waals surface area (Å²) in [6, 6.07) is 9.84. The van der Waals surface area contributed by atoms with E-state index in [1.165, 1.54) is 19.3 Å². The van der Waals surface area contributed by atoms with Crippen molar-refractivity contribution in [1.29, 1.82) is 0 Å². The maximum atomic E-state index is 5.77. The van der Waals surface area contributed by atoms with Crippen LogP contribution in [0, 0.1) is 0 Å². The van der Waals surface area contributed by atoms with E-state index in [9.17, 15) is 0 Å². The molecule has 0 radical (unpaired) electrons. The average Bonchev–Trinajstić information content (AvgIpc) is 2.46. The topological polar surface area (TPSA) is 48.1 Å². The first-order chi connectivity index (χ1) is 9.72. The lowest BCUT2D eigenvalue weighted by molar-refractivity contribution is 0.294. The van der Waals surface area contributed by atoms with Crippen LogP contribution in [-0.2, 0) is 0 Å². The summed E-state index contributed by atoms with van der Waals surface area (Å²) in [7, 11) is 0. The van der Waals surface area contributed by atoms with E-state index in [1.807, 2.05) is 30.3 Å². The summed E-state index contributed by atoms with van der Waals surface area (Å²) in [5, 5.41) is 1.02. The van der Waals surface area contributed by atoms with E-state index in [1.54, 1.807) is 0 Å². The summed E-state index contributed by atoms with van der Waals surface area (Å²) in [5.41, 5.74) is 7.38. The third-order valence-corrected chi connectivity index (χ3v) is 3.41. The third kappa shape index (κ3) is 3.67. The van der Waals surface area contributed by atoms with Crippen molar-refractivity contribution in [2.45, 2.75) is 32.6 Å². The van der Waals surface area contributed by atoms with E-state index >= 15 is 0 Å². The van der Waals surface area contributed by atoms with E-state index in [4.69, 9.17) is 22.7 Å². The lowest BCUT2D eigenvalue weighted by Gasteiger charge is -2.11. The number of pyridine rings is 1. The van der Waals surface area contributed by atoms with Crippen molar-refractivity contribution in [2.75, 3.05) is 6.61 Å². The standard InChI is InChI=1S/C16H20N2OS/c1-2-3-4-7-10-19-16-13(15(17)20)11-12-8-5-6-9-14(12)18-16/h5-6,8-9,11H,2-4,7,10H2,1H3,(H2,17,20). The Bertz CT molecular complexity index is 598. The highest BCUT2D eigenvalue weighted by Gasteiger charge is 2.10. The second-order valence-corrected chi connectivity index (χ2v) is 5.25. The molecule has 0 aliphatic heterocycles. The Labute approximate surface area is 125 Å². The van der Waals surface area contributed by atoms with Crippen molar-refractivity contribution in [3.8, 4) is 5.88 Å². The Morgan fingerprint density at radius 2 is 2.05 bits per heavy atom. The fourth-order valence-electron chi connectivity index (χ4n) is 2.08. The zero-order chi connectivity index (χ0) is 14.4. The van der Waals surface area contributed by atoms with Crippen LogP contribution in [-0.4, -0.2) is 16.6 Å². The minimum Gasteiger partial charge on any atom is -0.477 e. The highest BCUT2D eigenvalue weighted by atomic mass is 32.1. The minimum atomic E-state index is 0.326. The molecule has 1 heterocycles. The molecule has 4 heteroatoms. The van der Waals surface area contributed by atoms with Crippen LogP contribution >= 0.6 is 12.2 Å². The number of thiocarbonyl (C=S) groups is 1. The number of fused-ring (bicyclic) bond motifs is 1. The number of rotatable bonds is 7. The first kappa shape index (κ1) is 14.7. The largest absolute Gasteiger partial charge is 0.477 e. The number of hydrogen-bond acceptors (Lipinski definition) is 3. The van der Waals surface area contributed by atoms with E-state index in [0.717, 1.165) is 17.3 Å². The van der Waals surface area contributed by atoms with Gasteiger partial charge in [-0.25, -0.2) is 4.98 Å². The van der Waals surface area contributed by atoms with Crippen LogP contribution < -0.4 is 10.5 Å². The maximum Gasteiger partial charge on any atom is 0.224 e. The third-order valence-electron chi connectivity index (χ3n) is 3.19. The van der Waals surface area contributed by atoms with Crippen molar-refractivity contribution < 1.29 is 4.74 Å². The minimum absolute atomic E-state index is 0.326. The van der Waals surface area contributed by atoms with Gasteiger partial charge in [0.1, 0.15) is 4.99 Å². The molecule has 20 heavy (non-hydrogen) atoms. The molecule has 0 fully saturated rings. The van der Waals surface area contributed by atoms with Gasteiger partial charge < -0.3 is 10.5 Å². The number of para-hydroxylation sites is 1. The van der Waals surface area contributed by atoms with Crippen LogP contribution in [0.3, 0.4) is 0 Å². The van der Waals surface area contributed by atoms with Crippen LogP contribution in [0.5, 0.6) is 5.88 Å². The predicted molar refractivity (Wildman–Crippen MR) is 87.3 cm³/mol. The second-order valence-electron chi connectivity index (χ2n) is 4.81. The molecule has 106 valence electrons. The number of ether oxygens (including phenoxy) is 1. The Kier molecular flexibility index (Phi) is 5.30. The Morgan fingerprint density at radius 3 is 2.80 bits per heavy atom. The highest BCUT2D eigenvalue weighted by Crippen LogP contribution is 2.22. The highest BCUT2D eigenvalue weighted by molar-refractivity contribution is 7.80. The van der Waals surface area contributed by atoms with Gasteiger partial charge in [-0.1, -0.05) is 56.6 Å². The summed E-state index contributed by atoms with van der Waals surface area (Å²) >= 11 is 5.09. The molecule has 0 aliphatic rings. The normalized spacial score (nSPS) is 10.7. The van der Waals surface area contributed by atoms with Gasteiger partial charge in [-0.15, -0.1) is 0 Å². The Balaban J connectivity index is 2.17. The first-order valence-electron chi connectivity index (χ1n) is 7.04. The van der Waals surface area contributed by atoms with Crippen LogP contribution in [0.4, 0.5) is 0 Å². The summed E-state index contributed by atoms with van der Waals surface area (Å²) < 4.78 is 5.77. The molecule has 0 amide bonds. The summed E-state index contributed by atoms with van der Waals surface area (Å²) in [4.78, 5) is 4.85. The van der Waals surface area contributed by atoms with Crippen molar-refractivity contribution in [2.24, 2.45) is 5.73 Å². The molecule has 3 nitrogen and oxygen atoms in total. The summed E-state index contributed by atoms with van der Waals surface area (Å²) in [6.45, 7) is 2.84. The van der Waals surface area contributed by atoms with E-state index in [2.05, 4.69) is 11.9 Å². The van der Waals surface area contributed by atoms with Crippen molar-refractivity contribution in [1.82, 2.24) is 4.98 Å². The molecular formula is C16H20N2OS. The van der Waals surface area contributed by atoms with Gasteiger partial charge in [-0.3, -0.25) is 0 Å². The lowest BCUT2D eigenvalue weighted by Crippen LogP contribution is -2.13. The number of nitrogens with zero attached hydrogens (tertiary/aromatic N) is 1. The lowest BCUT2D eigenvalue weighted by atomic mass is 10.1. The van der Waals surface area contributed by atoms with Gasteiger partial charge in [0.25, 0.3) is 0 Å². The smallest absolute Gasteiger partial charge is 0.224 e. The molecule has 0 atom stereocenters. The Hall–Kier alpha value is -1.68. The van der Waals surface area contributed by atoms with Crippen LogP contribution in [0.25, 0.3) is 10.9 Å². The molecule has 2 N–H and O–H groups in total. The zero-order valence-electron chi connectivity index (χ0n) is 11.8. The number of hydrogen-bond donors (Lipinski definition) is 1. The fourth-order valence-corrected chi connectivity index (χ4v) is 2.23. The molecule has 0 unspecified atom stereocenters. The number of aromatic nitrogens is 1. The summed E-state index contributed by atoms with van der Waals surface area (Å²) in [6.07, 6.45) is 4.65. The van der Waals surface area contributed by atoms with Gasteiger partial charge in [0.15, 0.2) is 0 Å². The molecule has 0 saturated heterocycles. The molecule has 1 aromatic heterocycles. The molecule has 0 bridgehead atoms. The van der Waals surface area contributed by atoms with Crippen molar-refractivity contribution >= 4 is 28.1 Å². The van der Waals surface area contributed by atoms with Crippen LogP contribution in [0.1, 0.15) is 38.2 Å². The Morgan fingerprint density at radius 1 is 1.25 bits per heavy atom. The molecule has 2 aromatic rings. The number of unbranched alkanes of at least 4 members (excludes halogenated alkanes) is 3. The quantitative estimate of drug-likeness (QED) is 0.621. The molecular weight excluding hydrogens is 268 g/mol. The molecule has 2 rings (SSSR count). The van der Waals surface area contributed by atoms with Crippen LogP contribution in [0.2, 0.25) is 0 Å². The van der Waals surface area contributed by atoms with Crippen molar-refractivity contribution in [3.05, 3.63) is 35.9 Å². The van der Waals surface area contributed by atoms with Gasteiger partial charge in [0.05, 0.1) is 17.7 Å². The molecule has 1 aromatic carbocycles. The van der Waals surface area contributed by atoms with Crippen LogP contribution in [0.15, 0.2) is 30.3 Å². The van der Waals surface area contributed by atoms with E-state index in [0.29, 0.717) is 23.0 Å². The number of benzene rings is 1. The fraction of sp³-hybridized carbons (Fsp3) is 0.375. The van der Waals surface area contributed by atoms with E-state index < -0.39 is 0 Å². The summed E-state index contributed by atoms with van der Waals surface area (Å²) in [5.74, 6) is 0.549. The average molecular weight is 288 g/mol. The predicted octanol–water partition coefficient (Wildman–Crippen LogP) is 3.83. The van der Waals surface area contributed by atoms with Crippen molar-refractivity contribution in [3.63, 3.8) is 0 Å². The molecule has 0 spiro atoms. The zero-order valence-corrected chi connectivity index (χ0v) is 12.6.